The number of rotatable bonds is 3. The zero-order valence-corrected chi connectivity index (χ0v) is 17.8. The van der Waals surface area contributed by atoms with Gasteiger partial charge in [0.1, 0.15) is 0 Å². The first-order valence-corrected chi connectivity index (χ1v) is 9.45. The van der Waals surface area contributed by atoms with Gasteiger partial charge in [0, 0.05) is 5.41 Å². The van der Waals surface area contributed by atoms with Crippen LogP contribution in [0.15, 0.2) is 102 Å². The molecule has 0 saturated carbocycles. The normalized spacial score (nSPS) is 18.3. The van der Waals surface area contributed by atoms with Crippen molar-refractivity contribution in [2.75, 3.05) is 0 Å². The fourth-order valence-corrected chi connectivity index (χ4v) is 3.05. The van der Waals surface area contributed by atoms with E-state index in [0.717, 1.165) is 0 Å². The van der Waals surface area contributed by atoms with Crippen LogP contribution in [0.1, 0.15) is 47.1 Å². The molecular formula is C26H36. The summed E-state index contributed by atoms with van der Waals surface area (Å²) in [6.07, 6.45) is 12.4. The minimum absolute atomic E-state index is 0.0199. The first-order valence-electron chi connectivity index (χ1n) is 9.45. The monoisotopic (exact) mass is 348 g/mol. The highest BCUT2D eigenvalue weighted by molar-refractivity contribution is 5.67. The highest BCUT2D eigenvalue weighted by Crippen LogP contribution is 2.50. The molecule has 0 aromatic heterocycles. The molecule has 0 spiro atoms. The summed E-state index contributed by atoms with van der Waals surface area (Å²) in [7, 11) is 0. The van der Waals surface area contributed by atoms with Gasteiger partial charge in [-0.2, -0.15) is 0 Å². The number of hydrogen-bond acceptors (Lipinski definition) is 0. The van der Waals surface area contributed by atoms with Gasteiger partial charge in [0.2, 0.25) is 0 Å². The molecule has 0 amide bonds. The lowest BCUT2D eigenvalue weighted by atomic mass is 9.80. The molecule has 0 radical (unpaired) electrons. The van der Waals surface area contributed by atoms with E-state index in [1.54, 1.807) is 0 Å². The third-order valence-corrected chi connectivity index (χ3v) is 4.27. The molecule has 0 fully saturated rings. The highest BCUT2D eigenvalue weighted by Gasteiger charge is 2.37. The van der Waals surface area contributed by atoms with Crippen LogP contribution >= 0.6 is 0 Å². The molecule has 0 atom stereocenters. The Morgan fingerprint density at radius 2 is 1.54 bits per heavy atom. The average Bonchev–Trinajstić information content (AvgIpc) is 2.85. The van der Waals surface area contributed by atoms with Gasteiger partial charge in [0.25, 0.3) is 0 Å². The topological polar surface area (TPSA) is 0 Å². The van der Waals surface area contributed by atoms with Crippen molar-refractivity contribution in [2.24, 2.45) is 5.41 Å². The van der Waals surface area contributed by atoms with E-state index >= 15 is 0 Å². The van der Waals surface area contributed by atoms with Crippen LogP contribution in [0.3, 0.4) is 0 Å². The maximum Gasteiger partial charge on any atom is 0.0158 e. The van der Waals surface area contributed by atoms with E-state index in [9.17, 15) is 0 Å². The Balaban J connectivity index is 0.000000575. The molecular weight excluding hydrogens is 312 g/mol. The predicted molar refractivity (Wildman–Crippen MR) is 120 cm³/mol. The standard InChI is InChI=1S/C17H22.C7H8.C2H6/c1-7-11-15-13(9-3)14(10-4)16(12-8-2)17(15,5)6;1-7-5-3-2-4-6-7;1-2/h7-12H,1,4H2,2-3,5-6H3;2-6H,1H3;1-2H3/b12-8-,13-9-,15-11+;;. The van der Waals surface area contributed by atoms with Crippen LogP contribution in [0.5, 0.6) is 0 Å². The largest absolute Gasteiger partial charge is 0.0991 e. The van der Waals surface area contributed by atoms with E-state index in [1.165, 1.54) is 27.9 Å². The summed E-state index contributed by atoms with van der Waals surface area (Å²) in [5.74, 6) is 0. The lowest BCUT2D eigenvalue weighted by Gasteiger charge is -2.23. The van der Waals surface area contributed by atoms with E-state index < -0.39 is 0 Å². The van der Waals surface area contributed by atoms with Crippen LogP contribution in [0, 0.1) is 12.3 Å². The second-order valence-electron chi connectivity index (χ2n) is 6.33. The van der Waals surface area contributed by atoms with Gasteiger partial charge in [-0.25, -0.2) is 0 Å². The molecule has 0 heterocycles. The molecule has 0 unspecified atom stereocenters. The van der Waals surface area contributed by atoms with Crippen molar-refractivity contribution in [3.8, 4) is 0 Å². The summed E-state index contributed by atoms with van der Waals surface area (Å²) < 4.78 is 0. The lowest BCUT2D eigenvalue weighted by Crippen LogP contribution is -2.12. The van der Waals surface area contributed by atoms with Crippen molar-refractivity contribution in [3.63, 3.8) is 0 Å². The average molecular weight is 349 g/mol. The first-order chi connectivity index (χ1) is 12.4. The molecule has 2 rings (SSSR count). The minimum atomic E-state index is 0.0199. The Labute approximate surface area is 162 Å². The van der Waals surface area contributed by atoms with Gasteiger partial charge >= 0.3 is 0 Å². The Bertz CT molecular complexity index is 689. The first kappa shape index (κ1) is 23.7. The summed E-state index contributed by atoms with van der Waals surface area (Å²) in [5, 5.41) is 0. The predicted octanol–water partition coefficient (Wildman–Crippen LogP) is 8.16. The second kappa shape index (κ2) is 12.1. The third-order valence-electron chi connectivity index (χ3n) is 4.27. The van der Waals surface area contributed by atoms with Crippen molar-refractivity contribution < 1.29 is 0 Å². The number of allylic oxidation sites excluding steroid dienone is 10. The molecule has 140 valence electrons. The SMILES string of the molecule is C=C/C=C1\C(=C/C)C(C=C)=C(/C=C\C)C1(C)C.CC.Cc1ccccc1. The van der Waals surface area contributed by atoms with Crippen LogP contribution in [0.2, 0.25) is 0 Å². The Kier molecular flexibility index (Phi) is 11.0. The highest BCUT2D eigenvalue weighted by atomic mass is 14.4. The van der Waals surface area contributed by atoms with Gasteiger partial charge < -0.3 is 0 Å². The summed E-state index contributed by atoms with van der Waals surface area (Å²) in [4.78, 5) is 0. The fourth-order valence-electron chi connectivity index (χ4n) is 3.05. The molecule has 0 heteroatoms. The van der Waals surface area contributed by atoms with E-state index in [1.807, 2.05) is 51.1 Å². The van der Waals surface area contributed by atoms with Gasteiger partial charge in [-0.1, -0.05) is 113 Å². The Morgan fingerprint density at radius 3 is 1.88 bits per heavy atom. The Morgan fingerprint density at radius 1 is 0.962 bits per heavy atom. The smallest absolute Gasteiger partial charge is 0.0158 e. The maximum absolute atomic E-state index is 3.95. The van der Waals surface area contributed by atoms with Gasteiger partial charge in [-0.05, 0) is 43.1 Å². The molecule has 1 aliphatic rings. The molecule has 1 aromatic rings. The van der Waals surface area contributed by atoms with Crippen molar-refractivity contribution in [2.45, 2.75) is 48.5 Å². The molecule has 0 aliphatic heterocycles. The van der Waals surface area contributed by atoms with Gasteiger partial charge in [0.05, 0.1) is 0 Å². The van der Waals surface area contributed by atoms with E-state index in [-0.39, 0.29) is 5.41 Å². The minimum Gasteiger partial charge on any atom is -0.0991 e. The fraction of sp³-hybridized carbons (Fsp3) is 0.308. The molecule has 1 aromatic carbocycles. The van der Waals surface area contributed by atoms with Gasteiger partial charge in [-0.3, -0.25) is 0 Å². The summed E-state index contributed by atoms with van der Waals surface area (Å²) in [5.41, 5.74) is 6.50. The summed E-state index contributed by atoms with van der Waals surface area (Å²) in [6, 6.07) is 10.3. The summed E-state index contributed by atoms with van der Waals surface area (Å²) >= 11 is 0. The molecule has 26 heavy (non-hydrogen) atoms. The second-order valence-corrected chi connectivity index (χ2v) is 6.33. The third kappa shape index (κ3) is 5.88. The maximum atomic E-state index is 3.95. The van der Waals surface area contributed by atoms with Crippen LogP contribution in [-0.2, 0) is 0 Å². The quantitative estimate of drug-likeness (QED) is 0.516. The molecule has 1 aliphatic carbocycles. The Hall–Kier alpha value is -2.34. The van der Waals surface area contributed by atoms with Crippen LogP contribution in [0.25, 0.3) is 0 Å². The van der Waals surface area contributed by atoms with Crippen LogP contribution in [0.4, 0.5) is 0 Å². The van der Waals surface area contributed by atoms with Crippen molar-refractivity contribution in [1.82, 2.24) is 0 Å². The van der Waals surface area contributed by atoms with Gasteiger partial charge in [-0.15, -0.1) is 0 Å². The van der Waals surface area contributed by atoms with Crippen LogP contribution in [-0.4, -0.2) is 0 Å². The number of benzene rings is 1. The number of hydrogen-bond donors (Lipinski definition) is 0. The van der Waals surface area contributed by atoms with Crippen molar-refractivity contribution >= 4 is 0 Å². The molecule has 0 bridgehead atoms. The summed E-state index contributed by atoms with van der Waals surface area (Å²) in [6.45, 7) is 22.5. The van der Waals surface area contributed by atoms with Crippen molar-refractivity contribution in [3.05, 3.63) is 108 Å². The molecule has 0 N–H and O–H groups in total. The zero-order chi connectivity index (χ0) is 20.2. The zero-order valence-electron chi connectivity index (χ0n) is 17.8. The molecule has 0 saturated heterocycles. The van der Waals surface area contributed by atoms with E-state index in [0.29, 0.717) is 0 Å². The molecule has 0 nitrogen and oxygen atoms in total. The number of aryl methyl sites for hydroxylation is 1. The van der Waals surface area contributed by atoms with E-state index in [4.69, 9.17) is 0 Å². The van der Waals surface area contributed by atoms with Gasteiger partial charge in [0.15, 0.2) is 0 Å². The van der Waals surface area contributed by atoms with Crippen molar-refractivity contribution in [1.29, 1.82) is 0 Å². The van der Waals surface area contributed by atoms with Crippen LogP contribution < -0.4 is 0 Å². The lowest BCUT2D eigenvalue weighted by molar-refractivity contribution is 0.578. The van der Waals surface area contributed by atoms with E-state index in [2.05, 4.69) is 77.3 Å².